The molecule has 1 aliphatic carbocycles. The predicted octanol–water partition coefficient (Wildman–Crippen LogP) is 2.11. The molecule has 20 heavy (non-hydrogen) atoms. The normalized spacial score (nSPS) is 13.9. The van der Waals surface area contributed by atoms with Gasteiger partial charge in [0.25, 0.3) is 0 Å². The van der Waals surface area contributed by atoms with E-state index in [0.717, 1.165) is 6.07 Å². The lowest BCUT2D eigenvalue weighted by atomic mass is 9.95. The summed E-state index contributed by atoms with van der Waals surface area (Å²) in [7, 11) is 0. The Kier molecular flexibility index (Phi) is 2.75. The summed E-state index contributed by atoms with van der Waals surface area (Å²) in [4.78, 5) is 12.1. The number of nitriles is 1. The summed E-state index contributed by atoms with van der Waals surface area (Å²) in [6, 6.07) is 5.66. The van der Waals surface area contributed by atoms with Crippen LogP contribution >= 0.6 is 0 Å². The van der Waals surface area contributed by atoms with Gasteiger partial charge < -0.3 is 5.11 Å². The van der Waals surface area contributed by atoms with E-state index in [-0.39, 0.29) is 11.5 Å². The second-order valence-electron chi connectivity index (χ2n) is 4.61. The summed E-state index contributed by atoms with van der Waals surface area (Å²) in [5, 5.41) is 22.6. The van der Waals surface area contributed by atoms with Crippen molar-refractivity contribution in [1.29, 1.82) is 5.26 Å². The molecular weight excluding hydrogens is 261 g/mol. The fourth-order valence-corrected chi connectivity index (χ4v) is 2.43. The Morgan fingerprint density at radius 3 is 2.90 bits per heavy atom. The number of carbonyl (C=O) groups excluding carboxylic acids is 1. The number of Topliss-reactive ketones (excluding diaryl/α,β-unsaturated/α-hetero) is 1. The van der Waals surface area contributed by atoms with Crippen LogP contribution in [0.3, 0.4) is 0 Å². The van der Waals surface area contributed by atoms with Crippen LogP contribution in [0.25, 0.3) is 5.69 Å². The molecule has 1 heterocycles. The smallest absolute Gasteiger partial charge is 0.181 e. The third kappa shape index (κ3) is 1.75. The van der Waals surface area contributed by atoms with Gasteiger partial charge in [0.2, 0.25) is 0 Å². The summed E-state index contributed by atoms with van der Waals surface area (Å²) < 4.78 is 14.4. The molecule has 0 saturated carbocycles. The van der Waals surface area contributed by atoms with Gasteiger partial charge in [0.1, 0.15) is 11.8 Å². The number of phenolic OH excluding ortho intramolecular Hbond substituents is 1. The number of rotatable bonds is 1. The van der Waals surface area contributed by atoms with Crippen molar-refractivity contribution in [3.63, 3.8) is 0 Å². The molecule has 100 valence electrons. The zero-order valence-corrected chi connectivity index (χ0v) is 10.4. The fraction of sp³-hybridized carbons (Fsp3) is 0.214. The molecule has 0 amide bonds. The molecular formula is C14H10FN3O2. The Hall–Kier alpha value is -2.68. The third-order valence-electron chi connectivity index (χ3n) is 3.36. The maximum atomic E-state index is 13.1. The lowest BCUT2D eigenvalue weighted by Gasteiger charge is -2.13. The molecule has 5 nitrogen and oxygen atoms in total. The maximum Gasteiger partial charge on any atom is 0.181 e. The van der Waals surface area contributed by atoms with E-state index in [9.17, 15) is 14.3 Å². The molecule has 0 bridgehead atoms. The number of hydrogen-bond donors (Lipinski definition) is 1. The lowest BCUT2D eigenvalue weighted by molar-refractivity contribution is 0.0964. The monoisotopic (exact) mass is 271 g/mol. The van der Waals surface area contributed by atoms with Crippen molar-refractivity contribution in [2.45, 2.75) is 19.3 Å². The van der Waals surface area contributed by atoms with Crippen molar-refractivity contribution in [2.24, 2.45) is 0 Å². The standard InChI is InChI=1S/C14H10FN3O2/c15-10-5-4-8(6-13(10)20)18-14-9(11(7-16)17-18)2-1-3-12(14)19/h4-6,20H,1-3H2. The number of aromatic hydroxyl groups is 1. The van der Waals surface area contributed by atoms with E-state index in [1.165, 1.54) is 16.8 Å². The maximum absolute atomic E-state index is 13.1. The lowest BCUT2D eigenvalue weighted by Crippen LogP contribution is -2.15. The van der Waals surface area contributed by atoms with Gasteiger partial charge in [-0.3, -0.25) is 4.79 Å². The minimum absolute atomic E-state index is 0.0935. The van der Waals surface area contributed by atoms with E-state index in [1.807, 2.05) is 6.07 Å². The molecule has 1 aromatic heterocycles. The Balaban J connectivity index is 2.24. The molecule has 1 N–H and O–H groups in total. The number of hydrogen-bond acceptors (Lipinski definition) is 4. The minimum atomic E-state index is -0.749. The van der Waals surface area contributed by atoms with Crippen LogP contribution in [0, 0.1) is 17.1 Å². The topological polar surface area (TPSA) is 78.9 Å². The van der Waals surface area contributed by atoms with Crippen LogP contribution in [0.4, 0.5) is 4.39 Å². The quantitative estimate of drug-likeness (QED) is 0.861. The molecule has 0 atom stereocenters. The number of halogens is 1. The summed E-state index contributed by atoms with van der Waals surface area (Å²) in [5.41, 5.74) is 1.56. The van der Waals surface area contributed by atoms with Crippen LogP contribution in [0.15, 0.2) is 18.2 Å². The molecule has 0 fully saturated rings. The van der Waals surface area contributed by atoms with Gasteiger partial charge in [-0.1, -0.05) is 0 Å². The summed E-state index contributed by atoms with van der Waals surface area (Å²) in [6.07, 6.45) is 1.72. The third-order valence-corrected chi connectivity index (χ3v) is 3.36. The Bertz CT molecular complexity index is 759. The van der Waals surface area contributed by atoms with Crippen molar-refractivity contribution in [2.75, 3.05) is 0 Å². The number of carbonyl (C=O) groups is 1. The van der Waals surface area contributed by atoms with E-state index in [0.29, 0.717) is 36.2 Å². The largest absolute Gasteiger partial charge is 0.505 e. The molecule has 0 aliphatic heterocycles. The van der Waals surface area contributed by atoms with Gasteiger partial charge in [0, 0.05) is 18.1 Å². The highest BCUT2D eigenvalue weighted by molar-refractivity contribution is 5.98. The molecule has 1 aromatic carbocycles. The van der Waals surface area contributed by atoms with Gasteiger partial charge in [0.05, 0.1) is 5.69 Å². The van der Waals surface area contributed by atoms with Crippen LogP contribution in [-0.4, -0.2) is 20.7 Å². The molecule has 0 radical (unpaired) electrons. The first kappa shape index (κ1) is 12.4. The summed E-state index contributed by atoms with van der Waals surface area (Å²) >= 11 is 0. The Morgan fingerprint density at radius 1 is 1.40 bits per heavy atom. The molecule has 0 unspecified atom stereocenters. The zero-order valence-electron chi connectivity index (χ0n) is 10.4. The van der Waals surface area contributed by atoms with Gasteiger partial charge in [-0.05, 0) is 25.0 Å². The molecule has 2 aromatic rings. The van der Waals surface area contributed by atoms with Gasteiger partial charge in [-0.25, -0.2) is 9.07 Å². The highest BCUT2D eigenvalue weighted by atomic mass is 19.1. The minimum Gasteiger partial charge on any atom is -0.505 e. The highest BCUT2D eigenvalue weighted by Crippen LogP contribution is 2.28. The molecule has 0 spiro atoms. The second-order valence-corrected chi connectivity index (χ2v) is 4.61. The fourth-order valence-electron chi connectivity index (χ4n) is 2.43. The second kappa shape index (κ2) is 4.46. The van der Waals surface area contributed by atoms with E-state index >= 15 is 0 Å². The molecule has 1 aliphatic rings. The zero-order chi connectivity index (χ0) is 14.3. The van der Waals surface area contributed by atoms with Crippen LogP contribution in [0.2, 0.25) is 0 Å². The summed E-state index contributed by atoms with van der Waals surface area (Å²) in [5.74, 6) is -1.36. The van der Waals surface area contributed by atoms with Gasteiger partial charge in [-0.2, -0.15) is 10.4 Å². The number of benzene rings is 1. The van der Waals surface area contributed by atoms with Crippen LogP contribution in [0.5, 0.6) is 5.75 Å². The highest BCUT2D eigenvalue weighted by Gasteiger charge is 2.27. The van der Waals surface area contributed by atoms with Crippen molar-refractivity contribution >= 4 is 5.78 Å². The predicted molar refractivity (Wildman–Crippen MR) is 67.2 cm³/mol. The molecule has 0 saturated heterocycles. The van der Waals surface area contributed by atoms with E-state index < -0.39 is 11.6 Å². The van der Waals surface area contributed by atoms with Crippen molar-refractivity contribution in [3.05, 3.63) is 41.0 Å². The first-order chi connectivity index (χ1) is 9.61. The first-order valence-electron chi connectivity index (χ1n) is 6.16. The number of ketones is 1. The molecule has 3 rings (SSSR count). The van der Waals surface area contributed by atoms with Crippen LogP contribution in [0.1, 0.15) is 34.6 Å². The van der Waals surface area contributed by atoms with Crippen LogP contribution in [-0.2, 0) is 6.42 Å². The van der Waals surface area contributed by atoms with Gasteiger partial charge >= 0.3 is 0 Å². The van der Waals surface area contributed by atoms with Crippen LogP contribution < -0.4 is 0 Å². The Morgan fingerprint density at radius 2 is 2.20 bits per heavy atom. The number of aromatic nitrogens is 2. The van der Waals surface area contributed by atoms with Crippen molar-refractivity contribution in [1.82, 2.24) is 9.78 Å². The average Bonchev–Trinajstić information content (AvgIpc) is 2.82. The molecule has 6 heteroatoms. The first-order valence-corrected chi connectivity index (χ1v) is 6.16. The van der Waals surface area contributed by atoms with E-state index in [2.05, 4.69) is 5.10 Å². The Labute approximate surface area is 113 Å². The van der Waals surface area contributed by atoms with Gasteiger partial charge in [0.15, 0.2) is 23.0 Å². The van der Waals surface area contributed by atoms with Crippen molar-refractivity contribution < 1.29 is 14.3 Å². The number of fused-ring (bicyclic) bond motifs is 1. The van der Waals surface area contributed by atoms with Crippen molar-refractivity contribution in [3.8, 4) is 17.5 Å². The number of phenols is 1. The summed E-state index contributed by atoms with van der Waals surface area (Å²) in [6.45, 7) is 0. The van der Waals surface area contributed by atoms with E-state index in [4.69, 9.17) is 5.26 Å². The van der Waals surface area contributed by atoms with E-state index in [1.54, 1.807) is 0 Å². The average molecular weight is 271 g/mol. The number of nitrogens with zero attached hydrogens (tertiary/aromatic N) is 3. The van der Waals surface area contributed by atoms with Gasteiger partial charge in [-0.15, -0.1) is 0 Å². The SMILES string of the molecule is N#Cc1nn(-c2ccc(F)c(O)c2)c2c1CCCC2=O.